The number of nitrogens with zero attached hydrogens (tertiary/aromatic N) is 3. The zero-order valence-corrected chi connectivity index (χ0v) is 16.6. The molecule has 0 atom stereocenters. The SMILES string of the molecule is CC(C)CCc1cc(CC(C)C)c(O)c(-n2nc3ccc(Cl)cc3n2)c1. The second kappa shape index (κ2) is 7.67. The van der Waals surface area contributed by atoms with Crippen molar-refractivity contribution in [3.63, 3.8) is 0 Å². The van der Waals surface area contributed by atoms with E-state index in [1.165, 1.54) is 10.4 Å². The second-order valence-corrected chi connectivity index (χ2v) is 8.21. The number of fused-ring (bicyclic) bond motifs is 1. The average molecular weight is 372 g/mol. The van der Waals surface area contributed by atoms with E-state index in [1.807, 2.05) is 12.1 Å². The third-order valence-electron chi connectivity index (χ3n) is 4.42. The minimum Gasteiger partial charge on any atom is -0.505 e. The van der Waals surface area contributed by atoms with Gasteiger partial charge in [0, 0.05) is 5.02 Å². The molecule has 0 spiro atoms. The molecule has 2 aromatic carbocycles. The van der Waals surface area contributed by atoms with Crippen molar-refractivity contribution >= 4 is 22.6 Å². The van der Waals surface area contributed by atoms with Gasteiger partial charge in [-0.3, -0.25) is 0 Å². The molecular weight excluding hydrogens is 346 g/mol. The number of aryl methyl sites for hydroxylation is 1. The first-order valence-corrected chi connectivity index (χ1v) is 9.59. The van der Waals surface area contributed by atoms with E-state index in [0.29, 0.717) is 22.5 Å². The molecule has 0 amide bonds. The summed E-state index contributed by atoms with van der Waals surface area (Å²) in [6.07, 6.45) is 2.90. The van der Waals surface area contributed by atoms with Crippen LogP contribution in [0.5, 0.6) is 5.75 Å². The van der Waals surface area contributed by atoms with Crippen LogP contribution in [0.3, 0.4) is 0 Å². The molecule has 0 bridgehead atoms. The van der Waals surface area contributed by atoms with Crippen LogP contribution >= 0.6 is 11.6 Å². The van der Waals surface area contributed by atoms with Gasteiger partial charge in [-0.2, -0.15) is 0 Å². The van der Waals surface area contributed by atoms with Gasteiger partial charge in [-0.05, 0) is 66.5 Å². The van der Waals surface area contributed by atoms with Crippen LogP contribution < -0.4 is 0 Å². The molecule has 0 radical (unpaired) electrons. The number of hydrogen-bond donors (Lipinski definition) is 1. The van der Waals surface area contributed by atoms with Crippen molar-refractivity contribution in [2.45, 2.75) is 47.0 Å². The summed E-state index contributed by atoms with van der Waals surface area (Å²) in [4.78, 5) is 1.53. The fraction of sp³-hybridized carbons (Fsp3) is 0.429. The van der Waals surface area contributed by atoms with Gasteiger partial charge in [0.2, 0.25) is 0 Å². The Morgan fingerprint density at radius 3 is 2.42 bits per heavy atom. The van der Waals surface area contributed by atoms with E-state index >= 15 is 0 Å². The summed E-state index contributed by atoms with van der Waals surface area (Å²) in [6.45, 7) is 8.76. The number of phenols is 1. The predicted octanol–water partition coefficient (Wildman–Crippen LogP) is 5.57. The Morgan fingerprint density at radius 2 is 1.73 bits per heavy atom. The summed E-state index contributed by atoms with van der Waals surface area (Å²) in [5, 5.41) is 20.5. The van der Waals surface area contributed by atoms with Gasteiger partial charge >= 0.3 is 0 Å². The molecule has 3 aromatic rings. The van der Waals surface area contributed by atoms with E-state index in [0.717, 1.165) is 35.9 Å². The Kier molecular flexibility index (Phi) is 5.52. The fourth-order valence-electron chi connectivity index (χ4n) is 3.09. The number of benzene rings is 2. The Morgan fingerprint density at radius 1 is 1.00 bits per heavy atom. The predicted molar refractivity (Wildman–Crippen MR) is 107 cm³/mol. The summed E-state index contributed by atoms with van der Waals surface area (Å²) in [7, 11) is 0. The van der Waals surface area contributed by atoms with Crippen molar-refractivity contribution in [3.05, 3.63) is 46.5 Å². The molecule has 0 saturated carbocycles. The van der Waals surface area contributed by atoms with E-state index in [9.17, 15) is 5.11 Å². The third-order valence-corrected chi connectivity index (χ3v) is 4.66. The Bertz CT molecular complexity index is 915. The molecule has 0 unspecified atom stereocenters. The van der Waals surface area contributed by atoms with Crippen molar-refractivity contribution in [3.8, 4) is 11.4 Å². The van der Waals surface area contributed by atoms with Crippen molar-refractivity contribution in [2.24, 2.45) is 11.8 Å². The number of rotatable bonds is 6. The quantitative estimate of drug-likeness (QED) is 0.616. The van der Waals surface area contributed by atoms with Gasteiger partial charge in [0.25, 0.3) is 0 Å². The minimum atomic E-state index is 0.262. The lowest BCUT2D eigenvalue weighted by Gasteiger charge is -2.14. The average Bonchev–Trinajstić information content (AvgIpc) is 2.97. The highest BCUT2D eigenvalue weighted by Gasteiger charge is 2.16. The topological polar surface area (TPSA) is 50.9 Å². The lowest BCUT2D eigenvalue weighted by molar-refractivity contribution is 0.454. The van der Waals surface area contributed by atoms with Crippen LogP contribution in [0, 0.1) is 11.8 Å². The molecule has 0 aliphatic carbocycles. The summed E-state index contributed by atoms with van der Waals surface area (Å²) in [5.74, 6) is 1.35. The Labute approximate surface area is 159 Å². The van der Waals surface area contributed by atoms with Crippen LogP contribution in [-0.2, 0) is 12.8 Å². The molecule has 26 heavy (non-hydrogen) atoms. The lowest BCUT2D eigenvalue weighted by atomic mass is 9.95. The standard InChI is InChI=1S/C21H26ClN3O/c1-13(2)5-6-15-10-16(9-14(3)4)21(26)20(11-15)25-23-18-8-7-17(22)12-19(18)24-25/h7-8,10-14,26H,5-6,9H2,1-4H3. The normalized spacial score (nSPS) is 11.8. The number of aromatic nitrogens is 3. The maximum absolute atomic E-state index is 10.8. The first kappa shape index (κ1) is 18.7. The number of aromatic hydroxyl groups is 1. The largest absolute Gasteiger partial charge is 0.505 e. The van der Waals surface area contributed by atoms with E-state index in [-0.39, 0.29) is 5.75 Å². The van der Waals surface area contributed by atoms with Gasteiger partial charge in [0.05, 0.1) is 0 Å². The zero-order valence-electron chi connectivity index (χ0n) is 15.8. The molecule has 1 heterocycles. The molecule has 4 nitrogen and oxygen atoms in total. The fourth-order valence-corrected chi connectivity index (χ4v) is 3.25. The first-order valence-electron chi connectivity index (χ1n) is 9.21. The van der Waals surface area contributed by atoms with Crippen LogP contribution in [-0.4, -0.2) is 20.1 Å². The van der Waals surface area contributed by atoms with Gasteiger partial charge in [-0.25, -0.2) is 0 Å². The van der Waals surface area contributed by atoms with Crippen molar-refractivity contribution in [1.29, 1.82) is 0 Å². The van der Waals surface area contributed by atoms with Crippen LogP contribution in [0.1, 0.15) is 45.2 Å². The maximum atomic E-state index is 10.8. The molecule has 1 aromatic heterocycles. The smallest absolute Gasteiger partial charge is 0.146 e. The summed E-state index contributed by atoms with van der Waals surface area (Å²) in [6, 6.07) is 9.56. The van der Waals surface area contributed by atoms with Gasteiger partial charge < -0.3 is 5.11 Å². The molecule has 138 valence electrons. The molecule has 0 aliphatic heterocycles. The van der Waals surface area contributed by atoms with Crippen molar-refractivity contribution in [2.75, 3.05) is 0 Å². The zero-order chi connectivity index (χ0) is 18.8. The Hall–Kier alpha value is -2.07. The molecular formula is C21H26ClN3O. The van der Waals surface area contributed by atoms with Crippen molar-refractivity contribution in [1.82, 2.24) is 15.0 Å². The number of halogens is 1. The van der Waals surface area contributed by atoms with Crippen molar-refractivity contribution < 1.29 is 5.11 Å². The van der Waals surface area contributed by atoms with Gasteiger partial charge in [0.15, 0.2) is 0 Å². The molecule has 5 heteroatoms. The highest BCUT2D eigenvalue weighted by Crippen LogP contribution is 2.31. The molecule has 0 fully saturated rings. The maximum Gasteiger partial charge on any atom is 0.146 e. The summed E-state index contributed by atoms with van der Waals surface area (Å²) < 4.78 is 0. The summed E-state index contributed by atoms with van der Waals surface area (Å²) in [5.41, 5.74) is 4.27. The number of hydrogen-bond acceptors (Lipinski definition) is 3. The Balaban J connectivity index is 2.08. The monoisotopic (exact) mass is 371 g/mol. The minimum absolute atomic E-state index is 0.262. The highest BCUT2D eigenvalue weighted by molar-refractivity contribution is 6.31. The first-order chi connectivity index (χ1) is 12.3. The number of phenolic OH excluding ortho intramolecular Hbond substituents is 1. The molecule has 1 N–H and O–H groups in total. The van der Waals surface area contributed by atoms with E-state index < -0.39 is 0 Å². The summed E-state index contributed by atoms with van der Waals surface area (Å²) >= 11 is 6.06. The van der Waals surface area contributed by atoms with Crippen LogP contribution in [0.15, 0.2) is 30.3 Å². The van der Waals surface area contributed by atoms with Gasteiger partial charge in [-0.1, -0.05) is 45.4 Å². The lowest BCUT2D eigenvalue weighted by Crippen LogP contribution is -2.05. The van der Waals surface area contributed by atoms with Crippen LogP contribution in [0.25, 0.3) is 16.7 Å². The highest BCUT2D eigenvalue weighted by atomic mass is 35.5. The van der Waals surface area contributed by atoms with E-state index in [4.69, 9.17) is 11.6 Å². The van der Waals surface area contributed by atoms with Crippen LogP contribution in [0.4, 0.5) is 0 Å². The molecule has 0 saturated heterocycles. The third kappa shape index (κ3) is 4.18. The van der Waals surface area contributed by atoms with E-state index in [1.54, 1.807) is 12.1 Å². The van der Waals surface area contributed by atoms with Gasteiger partial charge in [-0.15, -0.1) is 15.0 Å². The van der Waals surface area contributed by atoms with Gasteiger partial charge in [0.1, 0.15) is 22.5 Å². The molecule has 0 aliphatic rings. The van der Waals surface area contributed by atoms with Crippen LogP contribution in [0.2, 0.25) is 5.02 Å². The molecule has 3 rings (SSSR count). The van der Waals surface area contributed by atoms with E-state index in [2.05, 4.69) is 44.0 Å². The second-order valence-electron chi connectivity index (χ2n) is 7.78.